The van der Waals surface area contributed by atoms with Crippen LogP contribution in [-0.4, -0.2) is 24.5 Å². The van der Waals surface area contributed by atoms with Crippen LogP contribution in [0.4, 0.5) is 5.13 Å². The van der Waals surface area contributed by atoms with Crippen molar-refractivity contribution in [3.8, 4) is 11.3 Å². The van der Waals surface area contributed by atoms with Crippen LogP contribution in [-0.2, 0) is 4.79 Å². The van der Waals surface area contributed by atoms with Crippen molar-refractivity contribution in [3.05, 3.63) is 23.0 Å². The predicted octanol–water partition coefficient (Wildman–Crippen LogP) is 2.81. The maximum Gasteiger partial charge on any atom is 0.230 e. The van der Waals surface area contributed by atoms with Crippen LogP contribution < -0.4 is 10.6 Å². The van der Waals surface area contributed by atoms with Gasteiger partial charge in [-0.15, -0.1) is 11.3 Å². The van der Waals surface area contributed by atoms with Crippen LogP contribution in [0, 0.1) is 19.8 Å². The Bertz CT molecular complexity index is 603. The van der Waals surface area contributed by atoms with E-state index < -0.39 is 0 Å². The van der Waals surface area contributed by atoms with Crippen LogP contribution in [0.3, 0.4) is 0 Å². The Kier molecular flexibility index (Phi) is 4.57. The van der Waals surface area contributed by atoms with E-state index in [9.17, 15) is 4.79 Å². The molecule has 0 aliphatic carbocycles. The van der Waals surface area contributed by atoms with E-state index >= 15 is 0 Å². The lowest BCUT2D eigenvalue weighted by atomic mass is 10.2. The highest BCUT2D eigenvalue weighted by Gasteiger charge is 2.15. The lowest BCUT2D eigenvalue weighted by Gasteiger charge is -2.09. The number of carbonyl (C=O) groups excluding carboxylic acids is 1. The van der Waals surface area contributed by atoms with Gasteiger partial charge in [0.25, 0.3) is 0 Å². The summed E-state index contributed by atoms with van der Waals surface area (Å²) in [6.45, 7) is 6.34. The zero-order valence-corrected chi connectivity index (χ0v) is 12.9. The Morgan fingerprint density at radius 1 is 1.50 bits per heavy atom. The third kappa shape index (κ3) is 3.26. The zero-order valence-electron chi connectivity index (χ0n) is 12.1. The van der Waals surface area contributed by atoms with Crippen LogP contribution in [0.25, 0.3) is 11.3 Å². The van der Waals surface area contributed by atoms with Gasteiger partial charge in [-0.1, -0.05) is 6.92 Å². The van der Waals surface area contributed by atoms with Gasteiger partial charge in [0.15, 0.2) is 5.13 Å². The van der Waals surface area contributed by atoms with Gasteiger partial charge in [0.2, 0.25) is 5.91 Å². The molecule has 0 bridgehead atoms. The Hall–Kier alpha value is -1.66. The van der Waals surface area contributed by atoms with Crippen LogP contribution >= 0.6 is 11.3 Å². The molecule has 108 valence electrons. The molecule has 2 aromatic heterocycles. The number of rotatable bonds is 5. The highest BCUT2D eigenvalue weighted by molar-refractivity contribution is 7.14. The summed E-state index contributed by atoms with van der Waals surface area (Å²) in [4.78, 5) is 16.4. The largest absolute Gasteiger partial charge is 0.466 e. The van der Waals surface area contributed by atoms with E-state index in [1.807, 2.05) is 39.3 Å². The Morgan fingerprint density at radius 3 is 2.85 bits per heavy atom. The first-order valence-electron chi connectivity index (χ1n) is 6.49. The van der Waals surface area contributed by atoms with Gasteiger partial charge in [-0.05, 0) is 27.0 Å². The van der Waals surface area contributed by atoms with Gasteiger partial charge in [-0.3, -0.25) is 4.79 Å². The first kappa shape index (κ1) is 14.7. The Labute approximate surface area is 122 Å². The van der Waals surface area contributed by atoms with Gasteiger partial charge in [0.05, 0.1) is 5.69 Å². The molecule has 0 aliphatic rings. The minimum Gasteiger partial charge on any atom is -0.466 e. The minimum atomic E-state index is -0.0924. The van der Waals surface area contributed by atoms with Gasteiger partial charge in [-0.2, -0.15) is 0 Å². The minimum absolute atomic E-state index is 0.0275. The average molecular weight is 293 g/mol. The third-order valence-corrected chi connectivity index (χ3v) is 3.77. The molecule has 0 fully saturated rings. The molecule has 2 aromatic rings. The third-order valence-electron chi connectivity index (χ3n) is 3.01. The molecule has 0 saturated heterocycles. The van der Waals surface area contributed by atoms with Crippen molar-refractivity contribution in [1.82, 2.24) is 10.3 Å². The quantitative estimate of drug-likeness (QED) is 0.889. The molecule has 6 heteroatoms. The highest BCUT2D eigenvalue weighted by atomic mass is 32.1. The molecule has 20 heavy (non-hydrogen) atoms. The second-order valence-corrected chi connectivity index (χ2v) is 5.67. The molecule has 2 N–H and O–H groups in total. The summed E-state index contributed by atoms with van der Waals surface area (Å²) >= 11 is 1.42. The summed E-state index contributed by atoms with van der Waals surface area (Å²) < 4.78 is 5.50. The van der Waals surface area contributed by atoms with Crippen molar-refractivity contribution < 1.29 is 9.21 Å². The van der Waals surface area contributed by atoms with E-state index in [0.29, 0.717) is 11.7 Å². The number of aromatic nitrogens is 1. The lowest BCUT2D eigenvalue weighted by Crippen LogP contribution is -2.28. The fourth-order valence-corrected chi connectivity index (χ4v) is 2.68. The summed E-state index contributed by atoms with van der Waals surface area (Å²) in [5, 5.41) is 8.37. The predicted molar refractivity (Wildman–Crippen MR) is 81.0 cm³/mol. The van der Waals surface area contributed by atoms with Crippen LogP contribution in [0.5, 0.6) is 0 Å². The number of hydrogen-bond acceptors (Lipinski definition) is 5. The van der Waals surface area contributed by atoms with Crippen molar-refractivity contribution >= 4 is 22.4 Å². The van der Waals surface area contributed by atoms with Crippen molar-refractivity contribution in [2.75, 3.05) is 18.9 Å². The van der Waals surface area contributed by atoms with Crippen molar-refractivity contribution in [2.45, 2.75) is 20.8 Å². The van der Waals surface area contributed by atoms with Gasteiger partial charge in [-0.25, -0.2) is 4.98 Å². The second kappa shape index (κ2) is 6.19. The normalized spacial score (nSPS) is 12.4. The number of nitrogens with zero attached hydrogens (tertiary/aromatic N) is 1. The summed E-state index contributed by atoms with van der Waals surface area (Å²) in [7, 11) is 1.83. The molecule has 1 unspecified atom stereocenters. The van der Waals surface area contributed by atoms with Gasteiger partial charge in [0.1, 0.15) is 11.5 Å². The maximum absolute atomic E-state index is 11.9. The molecule has 5 nitrogen and oxygen atoms in total. The first-order valence-corrected chi connectivity index (χ1v) is 7.37. The van der Waals surface area contributed by atoms with Crippen LogP contribution in [0.2, 0.25) is 0 Å². The number of anilines is 1. The average Bonchev–Trinajstić information content (AvgIpc) is 2.96. The molecule has 1 atom stereocenters. The maximum atomic E-state index is 11.9. The number of amides is 1. The summed E-state index contributed by atoms with van der Waals surface area (Å²) in [5.41, 5.74) is 1.81. The monoisotopic (exact) mass is 293 g/mol. The Balaban J connectivity index is 2.10. The van der Waals surface area contributed by atoms with Crippen LogP contribution in [0.1, 0.15) is 18.4 Å². The molecule has 0 saturated carbocycles. The van der Waals surface area contributed by atoms with E-state index in [1.165, 1.54) is 11.3 Å². The second-order valence-electron chi connectivity index (χ2n) is 4.81. The Morgan fingerprint density at radius 2 is 2.25 bits per heavy atom. The van der Waals surface area contributed by atoms with Crippen molar-refractivity contribution in [1.29, 1.82) is 0 Å². The van der Waals surface area contributed by atoms with E-state index in [1.54, 1.807) is 0 Å². The van der Waals surface area contributed by atoms with E-state index in [-0.39, 0.29) is 11.8 Å². The fourth-order valence-electron chi connectivity index (χ4n) is 1.97. The summed E-state index contributed by atoms with van der Waals surface area (Å²) in [6.07, 6.45) is 0. The van der Waals surface area contributed by atoms with E-state index in [0.717, 1.165) is 22.8 Å². The molecule has 0 aromatic carbocycles. The number of hydrogen-bond donors (Lipinski definition) is 2. The summed E-state index contributed by atoms with van der Waals surface area (Å²) in [5.74, 6) is 1.58. The van der Waals surface area contributed by atoms with Gasteiger partial charge < -0.3 is 15.1 Å². The van der Waals surface area contributed by atoms with Crippen molar-refractivity contribution in [2.24, 2.45) is 5.92 Å². The number of thiazole rings is 1. The molecule has 2 rings (SSSR count). The highest BCUT2D eigenvalue weighted by Crippen LogP contribution is 2.29. The van der Waals surface area contributed by atoms with Gasteiger partial charge in [0, 0.05) is 23.4 Å². The number of nitrogens with one attached hydrogen (secondary N) is 2. The number of furan rings is 1. The lowest BCUT2D eigenvalue weighted by molar-refractivity contribution is -0.119. The number of aryl methyl sites for hydroxylation is 2. The van der Waals surface area contributed by atoms with E-state index in [4.69, 9.17) is 4.42 Å². The molecule has 0 spiro atoms. The fraction of sp³-hybridized carbons (Fsp3) is 0.429. The van der Waals surface area contributed by atoms with Crippen molar-refractivity contribution in [3.63, 3.8) is 0 Å². The molecular formula is C14H19N3O2S. The van der Waals surface area contributed by atoms with E-state index in [2.05, 4.69) is 15.6 Å². The first-order chi connectivity index (χ1) is 9.51. The molecule has 1 amide bonds. The summed E-state index contributed by atoms with van der Waals surface area (Å²) in [6, 6.07) is 1.96. The topological polar surface area (TPSA) is 67.2 Å². The number of carbonyl (C=O) groups is 1. The van der Waals surface area contributed by atoms with Crippen LogP contribution in [0.15, 0.2) is 15.9 Å². The molecular weight excluding hydrogens is 274 g/mol. The molecule has 0 aliphatic heterocycles. The molecule has 0 radical (unpaired) electrons. The van der Waals surface area contributed by atoms with Gasteiger partial charge >= 0.3 is 0 Å². The smallest absolute Gasteiger partial charge is 0.230 e. The SMILES string of the molecule is CNCC(C)C(=O)Nc1nc(-c2cc(C)oc2C)cs1. The zero-order chi connectivity index (χ0) is 14.7. The molecule has 2 heterocycles. The standard InChI is InChI=1S/C14H19N3O2S/c1-8(6-15-4)13(18)17-14-16-12(7-20-14)11-5-9(2)19-10(11)3/h5,7-8,15H,6H2,1-4H3,(H,16,17,18).